The van der Waals surface area contributed by atoms with E-state index in [4.69, 9.17) is 16.3 Å². The average molecular weight is 551 g/mol. The van der Waals surface area contributed by atoms with Crippen LogP contribution in [0.5, 0.6) is 0 Å². The predicted molar refractivity (Wildman–Crippen MR) is 131 cm³/mol. The van der Waals surface area contributed by atoms with Gasteiger partial charge in [-0.3, -0.25) is 19.2 Å². The van der Waals surface area contributed by atoms with Crippen LogP contribution in [0.2, 0.25) is 5.02 Å². The van der Waals surface area contributed by atoms with Crippen LogP contribution < -0.4 is 4.90 Å². The Morgan fingerprint density at radius 2 is 1.51 bits per heavy atom. The van der Waals surface area contributed by atoms with E-state index < -0.39 is 46.9 Å². The van der Waals surface area contributed by atoms with Crippen molar-refractivity contribution in [2.24, 2.45) is 11.8 Å². The van der Waals surface area contributed by atoms with Crippen molar-refractivity contribution in [1.29, 1.82) is 0 Å². The van der Waals surface area contributed by atoms with Crippen molar-refractivity contribution in [3.63, 3.8) is 0 Å². The van der Waals surface area contributed by atoms with Crippen LogP contribution in [-0.2, 0) is 14.3 Å². The summed E-state index contributed by atoms with van der Waals surface area (Å²) in [5, 5.41) is 0.399. The third kappa shape index (κ3) is 2.92. The Morgan fingerprint density at radius 3 is 2.11 bits per heavy atom. The number of benzene rings is 3. The molecule has 3 aromatic rings. The summed E-state index contributed by atoms with van der Waals surface area (Å²) < 4.78 is 7.08. The molecule has 0 radical (unpaired) electrons. The number of hydrogen-bond acceptors (Lipinski definition) is 5. The largest absolute Gasteiger partial charge is 0.349 e. The third-order valence-corrected chi connectivity index (χ3v) is 8.07. The minimum Gasteiger partial charge on any atom is -0.349 e. The highest BCUT2D eigenvalue weighted by atomic mass is 79.9. The number of rotatable bonds is 2. The van der Waals surface area contributed by atoms with E-state index in [0.717, 1.165) is 14.9 Å². The molecule has 0 bridgehead atoms. The molecule has 8 heteroatoms. The molecule has 0 unspecified atom stereocenters. The Kier molecular flexibility index (Phi) is 4.90. The van der Waals surface area contributed by atoms with E-state index in [-0.39, 0.29) is 11.1 Å². The van der Waals surface area contributed by atoms with Crippen LogP contribution in [0.25, 0.3) is 0 Å². The van der Waals surface area contributed by atoms with E-state index in [2.05, 4.69) is 15.9 Å². The van der Waals surface area contributed by atoms with E-state index in [9.17, 15) is 19.2 Å². The smallest absolute Gasteiger partial charge is 0.241 e. The van der Waals surface area contributed by atoms with Gasteiger partial charge in [0.15, 0.2) is 0 Å². The summed E-state index contributed by atoms with van der Waals surface area (Å²) >= 11 is 9.68. The monoisotopic (exact) mass is 549 g/mol. The number of hydrogen-bond donors (Lipinski definition) is 0. The number of carbonyl (C=O) groups is 4. The van der Waals surface area contributed by atoms with Gasteiger partial charge >= 0.3 is 0 Å². The number of ketones is 2. The van der Waals surface area contributed by atoms with Crippen LogP contribution in [-0.4, -0.2) is 29.0 Å². The summed E-state index contributed by atoms with van der Waals surface area (Å²) in [7, 11) is 0. The minimum atomic E-state index is -2.10. The molecule has 3 aromatic carbocycles. The Hall–Kier alpha value is -3.13. The summed E-state index contributed by atoms with van der Waals surface area (Å²) in [5.41, 5.74) is -0.0117. The van der Waals surface area contributed by atoms with Crippen LogP contribution >= 0.6 is 27.5 Å². The molecule has 2 fully saturated rings. The van der Waals surface area contributed by atoms with E-state index >= 15 is 0 Å². The first kappa shape index (κ1) is 22.3. The zero-order valence-electron chi connectivity index (χ0n) is 18.3. The predicted octanol–water partition coefficient (Wildman–Crippen LogP) is 5.11. The molecule has 1 spiro atoms. The lowest BCUT2D eigenvalue weighted by molar-refractivity contribution is -0.127. The van der Waals surface area contributed by atoms with Crippen LogP contribution in [0, 0.1) is 18.8 Å². The molecule has 2 aliphatic heterocycles. The van der Waals surface area contributed by atoms with Crippen LogP contribution in [0.1, 0.15) is 37.9 Å². The van der Waals surface area contributed by atoms with Crippen molar-refractivity contribution >= 4 is 56.6 Å². The second-order valence-corrected chi connectivity index (χ2v) is 10.3. The zero-order valence-corrected chi connectivity index (χ0v) is 20.7. The summed E-state index contributed by atoms with van der Waals surface area (Å²) in [4.78, 5) is 56.2. The van der Waals surface area contributed by atoms with Crippen molar-refractivity contribution in [1.82, 2.24) is 0 Å². The number of aryl methyl sites for hydroxylation is 1. The van der Waals surface area contributed by atoms with Gasteiger partial charge < -0.3 is 4.74 Å². The summed E-state index contributed by atoms with van der Waals surface area (Å²) in [6.45, 7) is 1.81. The first-order chi connectivity index (χ1) is 16.8. The number of halogens is 2. The number of anilines is 1. The Morgan fingerprint density at radius 1 is 0.886 bits per heavy atom. The normalized spacial score (nSPS) is 24.4. The van der Waals surface area contributed by atoms with Gasteiger partial charge in [-0.05, 0) is 42.3 Å². The summed E-state index contributed by atoms with van der Waals surface area (Å²) in [5.74, 6) is -4.69. The highest BCUT2D eigenvalue weighted by Crippen LogP contribution is 2.57. The van der Waals surface area contributed by atoms with Crippen molar-refractivity contribution in [2.45, 2.75) is 18.6 Å². The molecule has 6 nitrogen and oxygen atoms in total. The fourth-order valence-electron chi connectivity index (χ4n) is 5.45. The van der Waals surface area contributed by atoms with Gasteiger partial charge in [-0.1, -0.05) is 70.0 Å². The molecule has 35 heavy (non-hydrogen) atoms. The van der Waals surface area contributed by atoms with Crippen LogP contribution in [0.4, 0.5) is 5.69 Å². The Balaban J connectivity index is 1.54. The molecule has 2 heterocycles. The maximum atomic E-state index is 13.9. The van der Waals surface area contributed by atoms with Gasteiger partial charge in [-0.25, -0.2) is 4.90 Å². The first-order valence-electron chi connectivity index (χ1n) is 11.0. The number of carbonyl (C=O) groups excluding carboxylic acids is 4. The van der Waals surface area contributed by atoms with Gasteiger partial charge in [-0.15, -0.1) is 0 Å². The van der Waals surface area contributed by atoms with E-state index in [1.165, 1.54) is 0 Å². The molecule has 0 saturated carbocycles. The zero-order chi connectivity index (χ0) is 24.6. The fourth-order valence-corrected chi connectivity index (χ4v) is 5.89. The average Bonchev–Trinajstić information content (AvgIpc) is 3.41. The third-order valence-electron chi connectivity index (χ3n) is 7.13. The van der Waals surface area contributed by atoms with Crippen molar-refractivity contribution in [2.75, 3.05) is 4.90 Å². The lowest BCUT2D eigenvalue weighted by Crippen LogP contribution is -2.51. The number of nitrogens with zero attached hydrogens (tertiary/aromatic N) is 1. The number of ether oxygens (including phenoxy) is 1. The minimum absolute atomic E-state index is 0.199. The molecule has 3 aliphatic rings. The maximum absolute atomic E-state index is 13.9. The molecule has 0 N–H and O–H groups in total. The molecule has 2 saturated heterocycles. The van der Waals surface area contributed by atoms with Gasteiger partial charge in [0.25, 0.3) is 0 Å². The van der Waals surface area contributed by atoms with Gasteiger partial charge in [0.05, 0.1) is 23.6 Å². The number of amides is 2. The second kappa shape index (κ2) is 7.68. The Bertz CT molecular complexity index is 1430. The molecular formula is C27H17BrClNO5. The SMILES string of the molecule is Cc1ccc(N2C(=O)[C@@H]3[C@H](c4ccc(Br)cc4)OC4(C(=O)c5ccccc5C4=O)[C@H]3C2=O)cc1Cl. The van der Waals surface area contributed by atoms with Gasteiger partial charge in [0, 0.05) is 20.6 Å². The topological polar surface area (TPSA) is 80.8 Å². The molecule has 2 amide bonds. The summed E-state index contributed by atoms with van der Waals surface area (Å²) in [6.07, 6.45) is -0.960. The van der Waals surface area contributed by atoms with Crippen molar-refractivity contribution < 1.29 is 23.9 Å². The fraction of sp³-hybridized carbons (Fsp3) is 0.185. The lowest BCUT2D eigenvalue weighted by atomic mass is 9.77. The first-order valence-corrected chi connectivity index (χ1v) is 12.2. The van der Waals surface area contributed by atoms with E-state index in [0.29, 0.717) is 16.3 Å². The number of fused-ring (bicyclic) bond motifs is 3. The van der Waals surface area contributed by atoms with Crippen LogP contribution in [0.15, 0.2) is 71.2 Å². The molecule has 174 valence electrons. The van der Waals surface area contributed by atoms with Gasteiger partial charge in [0.2, 0.25) is 29.0 Å². The molecule has 3 atom stereocenters. The maximum Gasteiger partial charge on any atom is 0.241 e. The highest BCUT2D eigenvalue weighted by molar-refractivity contribution is 9.10. The van der Waals surface area contributed by atoms with Crippen molar-refractivity contribution in [3.05, 3.63) is 98.5 Å². The molecule has 6 rings (SSSR count). The second-order valence-electron chi connectivity index (χ2n) is 8.98. The quantitative estimate of drug-likeness (QED) is 0.327. The Labute approximate surface area is 214 Å². The lowest BCUT2D eigenvalue weighted by Gasteiger charge is -2.27. The molecule has 1 aliphatic carbocycles. The van der Waals surface area contributed by atoms with Crippen molar-refractivity contribution in [3.8, 4) is 0 Å². The molecule has 0 aromatic heterocycles. The highest BCUT2D eigenvalue weighted by Gasteiger charge is 2.74. The number of imide groups is 1. The van der Waals surface area contributed by atoms with Crippen LogP contribution in [0.3, 0.4) is 0 Å². The van der Waals surface area contributed by atoms with E-state index in [1.54, 1.807) is 66.7 Å². The standard InChI is InChI=1S/C27H17BrClNO5/c1-13-6-11-16(12-19(13)29)30-25(33)20-21(26(30)34)27(35-22(20)14-7-9-15(28)10-8-14)23(31)17-4-2-3-5-18(17)24(27)32/h2-12,20-22H,1H3/t20-,21+,22-/m0/s1. The van der Waals surface area contributed by atoms with Gasteiger partial charge in [0.1, 0.15) is 0 Å². The molecular weight excluding hydrogens is 534 g/mol. The number of Topliss-reactive ketones (excluding diaryl/α,β-unsaturated/α-hetero) is 2. The summed E-state index contributed by atoms with van der Waals surface area (Å²) in [6, 6.07) is 18.4. The van der Waals surface area contributed by atoms with Gasteiger partial charge in [-0.2, -0.15) is 0 Å². The van der Waals surface area contributed by atoms with E-state index in [1.807, 2.05) is 6.92 Å².